The van der Waals surface area contributed by atoms with Crippen LogP contribution in [0.4, 0.5) is 5.69 Å². The molecule has 3 N–H and O–H groups in total. The highest BCUT2D eigenvalue weighted by Gasteiger charge is 2.34. The van der Waals surface area contributed by atoms with E-state index in [0.29, 0.717) is 12.8 Å². The maximum absolute atomic E-state index is 11.7. The normalized spacial score (nSPS) is 12.2. The molecule has 23 heavy (non-hydrogen) atoms. The number of halogens is 3. The van der Waals surface area contributed by atoms with E-state index in [0.717, 1.165) is 11.4 Å². The molecule has 0 saturated heterocycles. The fraction of sp³-hybridized carbons (Fsp3) is 0.429. The minimum absolute atomic E-state index is 0.211. The molecule has 128 valence electrons. The molecule has 5 nitrogen and oxygen atoms in total. The molecule has 1 amide bonds. The maximum Gasteiger partial charge on any atom is 0.228 e. The van der Waals surface area contributed by atoms with Crippen LogP contribution in [0.1, 0.15) is 19.8 Å². The average molecular weight is 399 g/mol. The van der Waals surface area contributed by atoms with Crippen LogP contribution in [0.2, 0.25) is 0 Å². The van der Waals surface area contributed by atoms with Gasteiger partial charge in [0.15, 0.2) is 5.11 Å². The number of benzene rings is 1. The number of hydrogen-bond donors (Lipinski definition) is 3. The van der Waals surface area contributed by atoms with Crippen molar-refractivity contribution in [3.8, 4) is 5.75 Å². The van der Waals surface area contributed by atoms with Gasteiger partial charge in [0.2, 0.25) is 9.70 Å². The van der Waals surface area contributed by atoms with Crippen LogP contribution in [0.15, 0.2) is 24.3 Å². The minimum Gasteiger partial charge on any atom is -0.497 e. The minimum atomic E-state index is -1.75. The van der Waals surface area contributed by atoms with Crippen molar-refractivity contribution < 1.29 is 9.53 Å². The van der Waals surface area contributed by atoms with Gasteiger partial charge in [0.05, 0.1) is 7.11 Å². The Balaban J connectivity index is 2.66. The quantitative estimate of drug-likeness (QED) is 0.388. The van der Waals surface area contributed by atoms with Crippen LogP contribution in [-0.2, 0) is 4.79 Å². The lowest BCUT2D eigenvalue weighted by Crippen LogP contribution is -2.56. The number of methoxy groups -OCH3 is 1. The molecule has 0 unspecified atom stereocenters. The van der Waals surface area contributed by atoms with Gasteiger partial charge >= 0.3 is 0 Å². The summed E-state index contributed by atoms with van der Waals surface area (Å²) in [4.78, 5) is 11.7. The lowest BCUT2D eigenvalue weighted by Gasteiger charge is -2.27. The number of anilines is 1. The first-order chi connectivity index (χ1) is 10.8. The highest BCUT2D eigenvalue weighted by molar-refractivity contribution is 7.80. The predicted octanol–water partition coefficient (Wildman–Crippen LogP) is 3.59. The fourth-order valence-corrected chi connectivity index (χ4v) is 2.20. The number of nitrogens with one attached hydrogen (secondary N) is 3. The van der Waals surface area contributed by atoms with E-state index in [1.54, 1.807) is 31.4 Å². The van der Waals surface area contributed by atoms with E-state index < -0.39 is 9.96 Å². The standard InChI is InChI=1S/C14H18Cl3N3O2S/c1-3-4-11(21)19-12(14(15,16)17)20-13(23)18-9-5-7-10(22-2)8-6-9/h5-8,12H,3-4H2,1-2H3,(H,19,21)(H2,18,20,23)/t12-/m0/s1. The number of alkyl halides is 3. The van der Waals surface area contributed by atoms with Crippen molar-refractivity contribution in [3.05, 3.63) is 24.3 Å². The lowest BCUT2D eigenvalue weighted by molar-refractivity contribution is -0.121. The Bertz CT molecular complexity index is 535. The van der Waals surface area contributed by atoms with Gasteiger partial charge in [-0.2, -0.15) is 0 Å². The van der Waals surface area contributed by atoms with E-state index in [2.05, 4.69) is 16.0 Å². The smallest absolute Gasteiger partial charge is 0.228 e. The summed E-state index contributed by atoms with van der Waals surface area (Å²) >= 11 is 22.8. The summed E-state index contributed by atoms with van der Waals surface area (Å²) in [5.41, 5.74) is 0.728. The molecule has 0 fully saturated rings. The third kappa shape index (κ3) is 7.44. The molecule has 0 radical (unpaired) electrons. The van der Waals surface area contributed by atoms with Crippen LogP contribution in [0.25, 0.3) is 0 Å². The third-order valence-corrected chi connectivity index (χ3v) is 3.61. The van der Waals surface area contributed by atoms with Gasteiger partial charge < -0.3 is 20.7 Å². The topological polar surface area (TPSA) is 62.4 Å². The molecule has 0 aliphatic rings. The van der Waals surface area contributed by atoms with Crippen LogP contribution in [0.5, 0.6) is 5.75 Å². The van der Waals surface area contributed by atoms with Crippen molar-refractivity contribution in [2.24, 2.45) is 0 Å². The maximum atomic E-state index is 11.7. The zero-order valence-corrected chi connectivity index (χ0v) is 15.7. The van der Waals surface area contributed by atoms with Crippen LogP contribution in [0, 0.1) is 0 Å². The van der Waals surface area contributed by atoms with E-state index in [1.807, 2.05) is 6.92 Å². The Hall–Kier alpha value is -0.950. The van der Waals surface area contributed by atoms with Crippen LogP contribution >= 0.6 is 47.0 Å². The second-order valence-electron chi connectivity index (χ2n) is 4.62. The number of hydrogen-bond acceptors (Lipinski definition) is 3. The molecule has 0 bridgehead atoms. The van der Waals surface area contributed by atoms with Gasteiger partial charge in [-0.1, -0.05) is 41.7 Å². The van der Waals surface area contributed by atoms with Gasteiger partial charge in [-0.15, -0.1) is 0 Å². The van der Waals surface area contributed by atoms with Crippen molar-refractivity contribution in [2.45, 2.75) is 29.7 Å². The number of ether oxygens (including phenoxy) is 1. The first-order valence-electron chi connectivity index (χ1n) is 6.84. The van der Waals surface area contributed by atoms with Crippen molar-refractivity contribution in [2.75, 3.05) is 12.4 Å². The molecule has 0 spiro atoms. The first kappa shape index (κ1) is 20.1. The fourth-order valence-electron chi connectivity index (χ4n) is 1.63. The summed E-state index contributed by atoms with van der Waals surface area (Å²) in [7, 11) is 1.58. The number of thiocarbonyl (C=S) groups is 1. The average Bonchev–Trinajstić information content (AvgIpc) is 2.46. The van der Waals surface area contributed by atoms with Crippen molar-refractivity contribution >= 4 is 63.7 Å². The lowest BCUT2D eigenvalue weighted by atomic mass is 10.3. The van der Waals surface area contributed by atoms with Gasteiger partial charge in [0, 0.05) is 12.1 Å². The molecule has 1 aromatic rings. The van der Waals surface area contributed by atoms with Gasteiger partial charge in [0.25, 0.3) is 0 Å². The summed E-state index contributed by atoms with van der Waals surface area (Å²) in [6.07, 6.45) is 0.0645. The Morgan fingerprint density at radius 2 is 1.87 bits per heavy atom. The Kier molecular flexibility index (Phi) is 8.19. The van der Waals surface area contributed by atoms with E-state index in [9.17, 15) is 4.79 Å². The molecule has 0 heterocycles. The SMILES string of the molecule is CCCC(=O)N[C@@H](NC(=S)Nc1ccc(OC)cc1)C(Cl)(Cl)Cl. The van der Waals surface area contributed by atoms with Gasteiger partial charge in [-0.05, 0) is 42.9 Å². The highest BCUT2D eigenvalue weighted by Crippen LogP contribution is 2.29. The second kappa shape index (κ2) is 9.37. The van der Waals surface area contributed by atoms with Crippen molar-refractivity contribution in [1.29, 1.82) is 0 Å². The second-order valence-corrected chi connectivity index (χ2v) is 7.40. The zero-order chi connectivity index (χ0) is 17.5. The number of amides is 1. The monoisotopic (exact) mass is 397 g/mol. The summed E-state index contributed by atoms with van der Waals surface area (Å²) in [5, 5.41) is 8.53. The Morgan fingerprint density at radius 3 is 2.35 bits per heavy atom. The van der Waals surface area contributed by atoms with E-state index >= 15 is 0 Å². The van der Waals surface area contributed by atoms with E-state index in [-0.39, 0.29) is 11.0 Å². The largest absolute Gasteiger partial charge is 0.497 e. The van der Waals surface area contributed by atoms with Crippen LogP contribution < -0.4 is 20.7 Å². The van der Waals surface area contributed by atoms with Gasteiger partial charge in [-0.25, -0.2) is 0 Å². The van der Waals surface area contributed by atoms with Gasteiger partial charge in [0.1, 0.15) is 11.9 Å². The molecule has 0 aliphatic heterocycles. The third-order valence-electron chi connectivity index (χ3n) is 2.73. The van der Waals surface area contributed by atoms with Crippen LogP contribution in [-0.4, -0.2) is 28.1 Å². The molecule has 1 rings (SSSR count). The Labute approximate surface area is 156 Å². The molecular formula is C14H18Cl3N3O2S. The van der Waals surface area contributed by atoms with Crippen molar-refractivity contribution in [1.82, 2.24) is 10.6 Å². The van der Waals surface area contributed by atoms with Crippen LogP contribution in [0.3, 0.4) is 0 Å². The molecule has 0 aromatic heterocycles. The first-order valence-corrected chi connectivity index (χ1v) is 8.38. The molecule has 9 heteroatoms. The molecule has 0 saturated carbocycles. The summed E-state index contributed by atoms with van der Waals surface area (Å²) < 4.78 is 3.32. The van der Waals surface area contributed by atoms with E-state index in [4.69, 9.17) is 51.8 Å². The number of carbonyl (C=O) groups is 1. The zero-order valence-electron chi connectivity index (χ0n) is 12.7. The summed E-state index contributed by atoms with van der Waals surface area (Å²) in [5.74, 6) is 0.490. The van der Waals surface area contributed by atoms with Crippen molar-refractivity contribution in [3.63, 3.8) is 0 Å². The highest BCUT2D eigenvalue weighted by atomic mass is 35.6. The number of carbonyl (C=O) groups excluding carboxylic acids is 1. The Morgan fingerprint density at radius 1 is 1.26 bits per heavy atom. The number of rotatable bonds is 6. The predicted molar refractivity (Wildman–Crippen MR) is 99.5 cm³/mol. The molecule has 1 aromatic carbocycles. The molecule has 1 atom stereocenters. The van der Waals surface area contributed by atoms with E-state index in [1.165, 1.54) is 0 Å². The molecular weight excluding hydrogens is 381 g/mol. The summed E-state index contributed by atoms with van der Waals surface area (Å²) in [6.45, 7) is 1.88. The molecule has 0 aliphatic carbocycles. The summed E-state index contributed by atoms with van der Waals surface area (Å²) in [6, 6.07) is 7.13. The van der Waals surface area contributed by atoms with Gasteiger partial charge in [-0.3, -0.25) is 4.79 Å².